The molecule has 6 nitrogen and oxygen atoms in total. The van der Waals surface area contributed by atoms with Crippen molar-refractivity contribution in [2.45, 2.75) is 39.3 Å². The highest BCUT2D eigenvalue weighted by molar-refractivity contribution is 5.44. The minimum Gasteiger partial charge on any atom is -0.454 e. The van der Waals surface area contributed by atoms with Crippen LogP contribution in [0.4, 0.5) is 0 Å². The molecule has 1 aliphatic heterocycles. The van der Waals surface area contributed by atoms with Crippen molar-refractivity contribution in [1.82, 2.24) is 19.3 Å². The Balaban J connectivity index is 1.49. The normalized spacial score (nSPS) is 14.0. The molecule has 0 fully saturated rings. The molecule has 25 heavy (non-hydrogen) atoms. The van der Waals surface area contributed by atoms with Gasteiger partial charge < -0.3 is 14.0 Å². The molecule has 1 aliphatic rings. The zero-order chi connectivity index (χ0) is 17.2. The molecule has 1 atom stereocenters. The number of nitrogens with zero attached hydrogens (tertiary/aromatic N) is 4. The standard InChI is InChI=1S/C19H22N4O2/c1-3-23-12-16(10-21-23)11-22-7-6-20-19(22)14(2)8-15-4-5-17-18(9-15)25-13-24-17/h4-7,9-10,12,14H,3,8,11,13H2,1-2H3/t14-/m1/s1. The van der Waals surface area contributed by atoms with Gasteiger partial charge in [0, 0.05) is 36.6 Å². The van der Waals surface area contributed by atoms with E-state index < -0.39 is 0 Å². The topological polar surface area (TPSA) is 54.1 Å². The van der Waals surface area contributed by atoms with Crippen molar-refractivity contribution < 1.29 is 9.47 Å². The fourth-order valence-corrected chi connectivity index (χ4v) is 3.26. The monoisotopic (exact) mass is 338 g/mol. The summed E-state index contributed by atoms with van der Waals surface area (Å²) in [7, 11) is 0. The first-order valence-corrected chi connectivity index (χ1v) is 8.64. The number of rotatable bonds is 6. The molecular weight excluding hydrogens is 316 g/mol. The summed E-state index contributed by atoms with van der Waals surface area (Å²) in [6.07, 6.45) is 8.83. The van der Waals surface area contributed by atoms with Crippen LogP contribution < -0.4 is 9.47 Å². The van der Waals surface area contributed by atoms with E-state index in [1.54, 1.807) is 0 Å². The third kappa shape index (κ3) is 3.24. The van der Waals surface area contributed by atoms with Crippen LogP contribution in [-0.4, -0.2) is 26.1 Å². The van der Waals surface area contributed by atoms with Crippen molar-refractivity contribution in [2.75, 3.05) is 6.79 Å². The summed E-state index contributed by atoms with van der Waals surface area (Å²) in [5.74, 6) is 3.05. The number of aryl methyl sites for hydroxylation is 1. The van der Waals surface area contributed by atoms with Crippen molar-refractivity contribution >= 4 is 0 Å². The molecule has 0 N–H and O–H groups in total. The molecule has 6 heteroatoms. The molecule has 4 rings (SSSR count). The second-order valence-electron chi connectivity index (χ2n) is 6.41. The van der Waals surface area contributed by atoms with Gasteiger partial charge >= 0.3 is 0 Å². The Labute approximate surface area is 147 Å². The molecule has 3 aromatic rings. The summed E-state index contributed by atoms with van der Waals surface area (Å²) in [6.45, 7) is 6.29. The first-order valence-electron chi connectivity index (χ1n) is 8.64. The predicted octanol–water partition coefficient (Wildman–Crippen LogP) is 3.22. The average molecular weight is 338 g/mol. The lowest BCUT2D eigenvalue weighted by Crippen LogP contribution is -2.09. The number of ether oxygens (including phenoxy) is 2. The van der Waals surface area contributed by atoms with Gasteiger partial charge in [-0.3, -0.25) is 4.68 Å². The van der Waals surface area contributed by atoms with E-state index in [9.17, 15) is 0 Å². The number of fused-ring (bicyclic) bond motifs is 1. The van der Waals surface area contributed by atoms with Gasteiger partial charge in [-0.1, -0.05) is 13.0 Å². The van der Waals surface area contributed by atoms with Crippen LogP contribution >= 0.6 is 0 Å². The molecule has 0 spiro atoms. The van der Waals surface area contributed by atoms with Crippen LogP contribution in [0, 0.1) is 0 Å². The lowest BCUT2D eigenvalue weighted by molar-refractivity contribution is 0.174. The summed E-state index contributed by atoms with van der Waals surface area (Å²) >= 11 is 0. The lowest BCUT2D eigenvalue weighted by Gasteiger charge is -2.14. The molecule has 2 aromatic heterocycles. The second kappa shape index (κ2) is 6.63. The van der Waals surface area contributed by atoms with Crippen LogP contribution in [0.1, 0.15) is 36.7 Å². The zero-order valence-corrected chi connectivity index (χ0v) is 14.6. The quantitative estimate of drug-likeness (QED) is 0.692. The Morgan fingerprint density at radius 1 is 1.20 bits per heavy atom. The zero-order valence-electron chi connectivity index (χ0n) is 14.6. The molecule has 0 unspecified atom stereocenters. The summed E-state index contributed by atoms with van der Waals surface area (Å²) < 4.78 is 15.0. The van der Waals surface area contributed by atoms with Crippen molar-refractivity contribution in [3.8, 4) is 11.5 Å². The highest BCUT2D eigenvalue weighted by atomic mass is 16.7. The van der Waals surface area contributed by atoms with Gasteiger partial charge in [-0.25, -0.2) is 4.98 Å². The first-order chi connectivity index (χ1) is 12.2. The van der Waals surface area contributed by atoms with Crippen LogP contribution in [0.3, 0.4) is 0 Å². The SMILES string of the molecule is CCn1cc(Cn2ccnc2[C@H](C)Cc2ccc3c(c2)OCO3)cn1. The van der Waals surface area contributed by atoms with Crippen molar-refractivity contribution in [3.63, 3.8) is 0 Å². The fourth-order valence-electron chi connectivity index (χ4n) is 3.26. The molecule has 0 amide bonds. The minimum atomic E-state index is 0.302. The number of imidazole rings is 1. The van der Waals surface area contributed by atoms with Gasteiger partial charge in [-0.2, -0.15) is 5.10 Å². The summed E-state index contributed by atoms with van der Waals surface area (Å²) in [5, 5.41) is 4.35. The molecule has 3 heterocycles. The van der Waals surface area contributed by atoms with Crippen LogP contribution in [0.2, 0.25) is 0 Å². The van der Waals surface area contributed by atoms with Crippen molar-refractivity contribution in [2.24, 2.45) is 0 Å². The van der Waals surface area contributed by atoms with Crippen LogP contribution in [0.25, 0.3) is 0 Å². The number of hydrogen-bond donors (Lipinski definition) is 0. The largest absolute Gasteiger partial charge is 0.454 e. The highest BCUT2D eigenvalue weighted by Gasteiger charge is 2.17. The molecule has 0 radical (unpaired) electrons. The molecule has 0 saturated heterocycles. The predicted molar refractivity (Wildman–Crippen MR) is 93.9 cm³/mol. The van der Waals surface area contributed by atoms with Gasteiger partial charge in [0.2, 0.25) is 6.79 Å². The highest BCUT2D eigenvalue weighted by Crippen LogP contribution is 2.33. The van der Waals surface area contributed by atoms with Gasteiger partial charge in [-0.05, 0) is 31.0 Å². The van der Waals surface area contributed by atoms with Crippen LogP contribution in [0.15, 0.2) is 43.0 Å². The molecular formula is C19H22N4O2. The van der Waals surface area contributed by atoms with E-state index in [4.69, 9.17) is 9.47 Å². The molecule has 0 saturated carbocycles. The third-order valence-electron chi connectivity index (χ3n) is 4.53. The first kappa shape index (κ1) is 15.7. The van der Waals surface area contributed by atoms with E-state index in [2.05, 4.69) is 46.8 Å². The number of aromatic nitrogens is 4. The fraction of sp³-hybridized carbons (Fsp3) is 0.368. The number of benzene rings is 1. The Morgan fingerprint density at radius 3 is 2.92 bits per heavy atom. The maximum absolute atomic E-state index is 5.47. The van der Waals surface area contributed by atoms with Crippen LogP contribution in [0.5, 0.6) is 11.5 Å². The third-order valence-corrected chi connectivity index (χ3v) is 4.53. The van der Waals surface area contributed by atoms with E-state index in [1.165, 1.54) is 11.1 Å². The van der Waals surface area contributed by atoms with Gasteiger partial charge in [0.05, 0.1) is 12.7 Å². The van der Waals surface area contributed by atoms with E-state index in [0.29, 0.717) is 12.7 Å². The molecule has 0 bridgehead atoms. The lowest BCUT2D eigenvalue weighted by atomic mass is 10.00. The Hall–Kier alpha value is -2.76. The van der Waals surface area contributed by atoms with Crippen molar-refractivity contribution in [3.05, 3.63) is 59.9 Å². The summed E-state index contributed by atoms with van der Waals surface area (Å²) in [4.78, 5) is 4.59. The molecule has 130 valence electrons. The summed E-state index contributed by atoms with van der Waals surface area (Å²) in [5.41, 5.74) is 2.42. The Kier molecular flexibility index (Phi) is 4.17. The Morgan fingerprint density at radius 2 is 2.08 bits per heavy atom. The molecule has 0 aliphatic carbocycles. The van der Waals surface area contributed by atoms with Gasteiger partial charge in [-0.15, -0.1) is 0 Å². The van der Waals surface area contributed by atoms with Gasteiger partial charge in [0.15, 0.2) is 11.5 Å². The summed E-state index contributed by atoms with van der Waals surface area (Å²) in [6, 6.07) is 6.15. The van der Waals surface area contributed by atoms with E-state index in [0.717, 1.165) is 36.8 Å². The van der Waals surface area contributed by atoms with E-state index in [-0.39, 0.29) is 0 Å². The average Bonchev–Trinajstić information content (AvgIpc) is 3.35. The van der Waals surface area contributed by atoms with Crippen molar-refractivity contribution in [1.29, 1.82) is 0 Å². The number of hydrogen-bond acceptors (Lipinski definition) is 4. The van der Waals surface area contributed by atoms with Gasteiger partial charge in [0.1, 0.15) is 5.82 Å². The second-order valence-corrected chi connectivity index (χ2v) is 6.41. The van der Waals surface area contributed by atoms with Gasteiger partial charge in [0.25, 0.3) is 0 Å². The van der Waals surface area contributed by atoms with E-state index >= 15 is 0 Å². The minimum absolute atomic E-state index is 0.302. The maximum atomic E-state index is 5.47. The van der Waals surface area contributed by atoms with Crippen LogP contribution in [-0.2, 0) is 19.5 Å². The Bertz CT molecular complexity index is 868. The maximum Gasteiger partial charge on any atom is 0.231 e. The smallest absolute Gasteiger partial charge is 0.231 e. The molecule has 1 aromatic carbocycles. The van der Waals surface area contributed by atoms with E-state index in [1.807, 2.05) is 29.3 Å².